The number of carbonyl (C=O) groups is 2. The number of rotatable bonds is 10. The number of carboxylic acids is 2. The molecule has 0 bridgehead atoms. The van der Waals surface area contributed by atoms with Gasteiger partial charge < -0.3 is 15.1 Å². The molecule has 0 fully saturated rings. The molecule has 1 rings (SSSR count). The van der Waals surface area contributed by atoms with Gasteiger partial charge in [0.25, 0.3) is 0 Å². The second-order valence-electron chi connectivity index (χ2n) is 5.46. The molecule has 6 nitrogen and oxygen atoms in total. The molecule has 128 valence electrons. The zero-order chi connectivity index (χ0) is 17.4. The molecule has 0 spiro atoms. The van der Waals surface area contributed by atoms with Gasteiger partial charge in [0.2, 0.25) is 0 Å². The number of anilines is 1. The molecular formula is C16H23FN2O4. The second-order valence-corrected chi connectivity index (χ2v) is 5.46. The van der Waals surface area contributed by atoms with Gasteiger partial charge in [-0.3, -0.25) is 14.5 Å². The number of hydrogen-bond acceptors (Lipinski definition) is 4. The van der Waals surface area contributed by atoms with Crippen LogP contribution in [0.5, 0.6) is 0 Å². The van der Waals surface area contributed by atoms with Crippen LogP contribution < -0.4 is 4.90 Å². The van der Waals surface area contributed by atoms with E-state index >= 15 is 0 Å². The van der Waals surface area contributed by atoms with Crippen LogP contribution in [-0.4, -0.2) is 53.7 Å². The zero-order valence-corrected chi connectivity index (χ0v) is 13.5. The minimum absolute atomic E-state index is 0.0486. The van der Waals surface area contributed by atoms with Crippen LogP contribution in [0.25, 0.3) is 0 Å². The quantitative estimate of drug-likeness (QED) is 0.685. The molecule has 1 aromatic rings. The lowest BCUT2D eigenvalue weighted by Gasteiger charge is -2.23. The summed E-state index contributed by atoms with van der Waals surface area (Å²) in [4.78, 5) is 24.8. The van der Waals surface area contributed by atoms with Crippen molar-refractivity contribution < 1.29 is 24.2 Å². The predicted octanol–water partition coefficient (Wildman–Crippen LogP) is 2.03. The van der Waals surface area contributed by atoms with Gasteiger partial charge in [0, 0.05) is 20.1 Å². The SMILES string of the molecule is CCCN(CCC(=O)O)Cc1ccc(F)c(N(C)CC(=O)O)c1. The first-order chi connectivity index (χ1) is 10.8. The minimum atomic E-state index is -1.04. The first kappa shape index (κ1) is 18.9. The van der Waals surface area contributed by atoms with E-state index in [1.54, 1.807) is 12.1 Å². The van der Waals surface area contributed by atoms with Crippen molar-refractivity contribution in [2.24, 2.45) is 0 Å². The molecule has 0 aliphatic carbocycles. The van der Waals surface area contributed by atoms with Crippen LogP contribution in [0.1, 0.15) is 25.3 Å². The van der Waals surface area contributed by atoms with E-state index in [9.17, 15) is 14.0 Å². The number of carboxylic acid groups (broad SMARTS) is 2. The Labute approximate surface area is 135 Å². The van der Waals surface area contributed by atoms with Gasteiger partial charge in [-0.1, -0.05) is 13.0 Å². The number of aliphatic carboxylic acids is 2. The Kier molecular flexibility index (Phi) is 7.47. The third-order valence-corrected chi connectivity index (χ3v) is 3.38. The number of halogens is 1. The first-order valence-electron chi connectivity index (χ1n) is 7.49. The normalized spacial score (nSPS) is 10.8. The molecule has 0 amide bonds. The Morgan fingerprint density at radius 3 is 2.43 bits per heavy atom. The van der Waals surface area contributed by atoms with Crippen molar-refractivity contribution in [2.45, 2.75) is 26.3 Å². The molecule has 0 saturated heterocycles. The highest BCUT2D eigenvalue weighted by Crippen LogP contribution is 2.21. The summed E-state index contributed by atoms with van der Waals surface area (Å²) in [6.07, 6.45) is 0.930. The van der Waals surface area contributed by atoms with Gasteiger partial charge in [-0.15, -0.1) is 0 Å². The highest BCUT2D eigenvalue weighted by molar-refractivity contribution is 5.73. The summed E-state index contributed by atoms with van der Waals surface area (Å²) < 4.78 is 13.9. The van der Waals surface area contributed by atoms with Gasteiger partial charge in [-0.2, -0.15) is 0 Å². The standard InChI is InChI=1S/C16H23FN2O4/c1-3-7-19(8-6-15(20)21)10-12-4-5-13(17)14(9-12)18(2)11-16(22)23/h4-5,9H,3,6-8,10-11H2,1-2H3,(H,20,21)(H,22,23). The molecule has 0 radical (unpaired) electrons. The van der Waals surface area contributed by atoms with E-state index < -0.39 is 17.8 Å². The van der Waals surface area contributed by atoms with Crippen LogP contribution in [0.15, 0.2) is 18.2 Å². The Balaban J connectivity index is 2.85. The highest BCUT2D eigenvalue weighted by atomic mass is 19.1. The number of nitrogens with zero attached hydrogens (tertiary/aromatic N) is 2. The molecule has 0 unspecified atom stereocenters. The van der Waals surface area contributed by atoms with Gasteiger partial charge in [-0.05, 0) is 30.7 Å². The monoisotopic (exact) mass is 326 g/mol. The van der Waals surface area contributed by atoms with Crippen LogP contribution in [0.2, 0.25) is 0 Å². The molecule has 23 heavy (non-hydrogen) atoms. The average molecular weight is 326 g/mol. The third kappa shape index (κ3) is 6.65. The number of likely N-dealkylation sites (N-methyl/N-ethyl adjacent to an activating group) is 1. The summed E-state index contributed by atoms with van der Waals surface area (Å²) in [6, 6.07) is 4.56. The Bertz CT molecular complexity index is 551. The van der Waals surface area contributed by atoms with Crippen molar-refractivity contribution in [1.29, 1.82) is 0 Å². The summed E-state index contributed by atoms with van der Waals surface area (Å²) in [5.74, 6) is -2.37. The summed E-state index contributed by atoms with van der Waals surface area (Å²) in [5.41, 5.74) is 1.04. The van der Waals surface area contributed by atoms with Crippen molar-refractivity contribution >= 4 is 17.6 Å². The molecule has 0 atom stereocenters. The molecule has 0 saturated carbocycles. The van der Waals surface area contributed by atoms with Crippen molar-refractivity contribution in [1.82, 2.24) is 4.90 Å². The summed E-state index contributed by atoms with van der Waals surface area (Å²) >= 11 is 0. The fourth-order valence-corrected chi connectivity index (χ4v) is 2.34. The van der Waals surface area contributed by atoms with Crippen molar-refractivity contribution in [3.8, 4) is 0 Å². The smallest absolute Gasteiger partial charge is 0.323 e. The van der Waals surface area contributed by atoms with Gasteiger partial charge in [0.15, 0.2) is 0 Å². The molecule has 0 aromatic heterocycles. The van der Waals surface area contributed by atoms with Crippen molar-refractivity contribution in [3.63, 3.8) is 0 Å². The first-order valence-corrected chi connectivity index (χ1v) is 7.49. The van der Waals surface area contributed by atoms with Crippen molar-refractivity contribution in [3.05, 3.63) is 29.6 Å². The largest absolute Gasteiger partial charge is 0.481 e. The van der Waals surface area contributed by atoms with E-state index in [-0.39, 0.29) is 18.7 Å². The van der Waals surface area contributed by atoms with Gasteiger partial charge in [0.1, 0.15) is 12.4 Å². The van der Waals surface area contributed by atoms with Crippen molar-refractivity contribution in [2.75, 3.05) is 31.6 Å². The average Bonchev–Trinajstić information content (AvgIpc) is 2.46. The van der Waals surface area contributed by atoms with E-state index in [1.807, 2.05) is 11.8 Å². The molecule has 1 aromatic carbocycles. The lowest BCUT2D eigenvalue weighted by atomic mass is 10.1. The molecule has 0 aliphatic heterocycles. The minimum Gasteiger partial charge on any atom is -0.481 e. The lowest BCUT2D eigenvalue weighted by molar-refractivity contribution is -0.137. The Morgan fingerprint density at radius 1 is 1.17 bits per heavy atom. The Hall–Kier alpha value is -2.15. The summed E-state index contributed by atoms with van der Waals surface area (Å²) in [6.45, 7) is 3.36. The summed E-state index contributed by atoms with van der Waals surface area (Å²) in [5, 5.41) is 17.6. The maximum Gasteiger partial charge on any atom is 0.323 e. The molecule has 0 aliphatic rings. The highest BCUT2D eigenvalue weighted by Gasteiger charge is 2.13. The maximum atomic E-state index is 13.9. The van der Waals surface area contributed by atoms with E-state index in [0.717, 1.165) is 18.5 Å². The molecule has 0 heterocycles. The second kappa shape index (κ2) is 9.09. The van der Waals surface area contributed by atoms with Crippen LogP contribution in [-0.2, 0) is 16.1 Å². The van der Waals surface area contributed by atoms with Gasteiger partial charge in [-0.25, -0.2) is 4.39 Å². The predicted molar refractivity (Wildman–Crippen MR) is 85.1 cm³/mol. The third-order valence-electron chi connectivity index (χ3n) is 3.38. The number of hydrogen-bond donors (Lipinski definition) is 2. The van der Waals surface area contributed by atoms with Crippen LogP contribution in [0, 0.1) is 5.82 Å². The molecule has 2 N–H and O–H groups in total. The number of benzene rings is 1. The van der Waals surface area contributed by atoms with Crippen LogP contribution in [0.3, 0.4) is 0 Å². The Morgan fingerprint density at radius 2 is 1.87 bits per heavy atom. The van der Waals surface area contributed by atoms with E-state index in [4.69, 9.17) is 10.2 Å². The van der Waals surface area contributed by atoms with Crippen LogP contribution in [0.4, 0.5) is 10.1 Å². The topological polar surface area (TPSA) is 81.1 Å². The van der Waals surface area contributed by atoms with Gasteiger partial charge >= 0.3 is 11.9 Å². The fraction of sp³-hybridized carbons (Fsp3) is 0.500. The van der Waals surface area contributed by atoms with Gasteiger partial charge in [0.05, 0.1) is 12.1 Å². The fourth-order valence-electron chi connectivity index (χ4n) is 2.34. The van der Waals surface area contributed by atoms with Crippen LogP contribution >= 0.6 is 0 Å². The molecular weight excluding hydrogens is 303 g/mol. The van der Waals surface area contributed by atoms with E-state index in [1.165, 1.54) is 18.0 Å². The molecule has 7 heteroatoms. The maximum absolute atomic E-state index is 13.9. The lowest BCUT2D eigenvalue weighted by Crippen LogP contribution is -2.28. The summed E-state index contributed by atoms with van der Waals surface area (Å²) in [7, 11) is 1.52. The van der Waals surface area contributed by atoms with E-state index in [0.29, 0.717) is 13.1 Å². The van der Waals surface area contributed by atoms with E-state index in [2.05, 4.69) is 0 Å². The zero-order valence-electron chi connectivity index (χ0n) is 13.5.